The van der Waals surface area contributed by atoms with Crippen LogP contribution in [0, 0.1) is 11.8 Å². The molecule has 12 heteroatoms. The highest BCUT2D eigenvalue weighted by Gasteiger charge is 2.60. The minimum absolute atomic E-state index is 0.104. The number of fused-ring (bicyclic) bond motifs is 1. The largest absolute Gasteiger partial charge is 0.477 e. The fourth-order valence-electron chi connectivity index (χ4n) is 4.79. The van der Waals surface area contributed by atoms with Crippen molar-refractivity contribution in [3.8, 4) is 0 Å². The maximum Gasteiger partial charge on any atom is 0.353 e. The number of rotatable bonds is 7. The first-order valence-corrected chi connectivity index (χ1v) is 11.0. The average molecular weight is 461 g/mol. The standard InChI is InChI=1S/C19H26F2N4O5S/c1-7-13-12(8(2)23-17(27)16(20)21)18(28)25(13)14(19(29)30)15(7)31-6-11-4-10(22)5-24(11)9(3)26/h7-8,10-13,16H,4-6,22H2,1-3H3,(H,23,27)(H,29,30)/t7-,8-,10+,11+,12-,13-/m1/s1. The van der Waals surface area contributed by atoms with Gasteiger partial charge in [-0.1, -0.05) is 6.92 Å². The van der Waals surface area contributed by atoms with Crippen LogP contribution in [0.5, 0.6) is 0 Å². The molecule has 0 aromatic heterocycles. The van der Waals surface area contributed by atoms with Crippen LogP contribution in [0.2, 0.25) is 0 Å². The number of hydrogen-bond acceptors (Lipinski definition) is 6. The molecular weight excluding hydrogens is 434 g/mol. The second-order valence-corrected chi connectivity index (χ2v) is 9.32. The van der Waals surface area contributed by atoms with Gasteiger partial charge in [0.25, 0.3) is 5.91 Å². The second kappa shape index (κ2) is 8.73. The molecule has 0 aromatic carbocycles. The highest BCUT2D eigenvalue weighted by molar-refractivity contribution is 8.03. The Bertz CT molecular complexity index is 838. The third-order valence-corrected chi connectivity index (χ3v) is 7.61. The van der Waals surface area contributed by atoms with Gasteiger partial charge in [-0.25, -0.2) is 4.79 Å². The van der Waals surface area contributed by atoms with E-state index in [1.165, 1.54) is 30.5 Å². The number of nitrogens with one attached hydrogen (secondary N) is 1. The van der Waals surface area contributed by atoms with Crippen molar-refractivity contribution in [3.63, 3.8) is 0 Å². The summed E-state index contributed by atoms with van der Waals surface area (Å²) in [7, 11) is 0. The Kier molecular flexibility index (Phi) is 6.61. The number of amides is 3. The summed E-state index contributed by atoms with van der Waals surface area (Å²) in [6.45, 7) is 5.14. The molecule has 3 aliphatic heterocycles. The lowest BCUT2D eigenvalue weighted by molar-refractivity contribution is -0.159. The first kappa shape index (κ1) is 23.5. The normalized spacial score (nSPS) is 31.1. The van der Waals surface area contributed by atoms with Gasteiger partial charge in [-0.2, -0.15) is 8.78 Å². The van der Waals surface area contributed by atoms with Crippen LogP contribution in [0.3, 0.4) is 0 Å². The van der Waals surface area contributed by atoms with Gasteiger partial charge in [-0.15, -0.1) is 11.8 Å². The Hall–Kier alpha value is -2.21. The van der Waals surface area contributed by atoms with Gasteiger partial charge >= 0.3 is 12.4 Å². The number of nitrogens with zero attached hydrogens (tertiary/aromatic N) is 2. The van der Waals surface area contributed by atoms with Crippen LogP contribution in [0.15, 0.2) is 10.6 Å². The molecule has 9 nitrogen and oxygen atoms in total. The number of thioether (sulfide) groups is 1. The zero-order valence-electron chi connectivity index (χ0n) is 17.4. The number of nitrogens with two attached hydrogens (primary N) is 1. The number of alkyl halides is 2. The summed E-state index contributed by atoms with van der Waals surface area (Å²) in [6, 6.07) is -1.69. The number of likely N-dealkylation sites (tertiary alicyclic amines) is 1. The first-order valence-electron chi connectivity index (χ1n) is 10.00. The van der Waals surface area contributed by atoms with E-state index in [1.807, 2.05) is 0 Å². The molecule has 3 amide bonds. The summed E-state index contributed by atoms with van der Waals surface area (Å²) < 4.78 is 25.2. The number of hydrogen-bond donors (Lipinski definition) is 3. The lowest BCUT2D eigenvalue weighted by atomic mass is 9.78. The summed E-state index contributed by atoms with van der Waals surface area (Å²) in [4.78, 5) is 51.2. The van der Waals surface area contributed by atoms with Crippen LogP contribution in [-0.2, 0) is 19.2 Å². The third kappa shape index (κ3) is 4.14. The minimum Gasteiger partial charge on any atom is -0.477 e. The van der Waals surface area contributed by atoms with Gasteiger partial charge in [0, 0.05) is 48.2 Å². The average Bonchev–Trinajstić information content (AvgIpc) is 3.15. The fraction of sp³-hybridized carbons (Fsp3) is 0.684. The highest BCUT2D eigenvalue weighted by Crippen LogP contribution is 2.50. The molecule has 3 rings (SSSR count). The molecule has 2 saturated heterocycles. The number of carboxylic acid groups (broad SMARTS) is 1. The zero-order chi connectivity index (χ0) is 23.2. The third-order valence-electron chi connectivity index (χ3n) is 6.18. The molecule has 3 aliphatic rings. The van der Waals surface area contributed by atoms with Crippen molar-refractivity contribution in [1.29, 1.82) is 0 Å². The van der Waals surface area contributed by atoms with E-state index in [9.17, 15) is 33.1 Å². The van der Waals surface area contributed by atoms with Gasteiger partial charge in [0.05, 0.1) is 12.0 Å². The van der Waals surface area contributed by atoms with Gasteiger partial charge in [-0.05, 0) is 13.3 Å². The van der Waals surface area contributed by atoms with Crippen molar-refractivity contribution in [1.82, 2.24) is 15.1 Å². The van der Waals surface area contributed by atoms with Crippen molar-refractivity contribution in [2.45, 2.75) is 57.8 Å². The molecule has 0 radical (unpaired) electrons. The number of halogens is 2. The molecule has 31 heavy (non-hydrogen) atoms. The molecule has 172 valence electrons. The Morgan fingerprint density at radius 3 is 2.55 bits per heavy atom. The van der Waals surface area contributed by atoms with Gasteiger partial charge < -0.3 is 26.0 Å². The molecule has 2 fully saturated rings. The van der Waals surface area contributed by atoms with Crippen molar-refractivity contribution < 1.29 is 33.1 Å². The topological polar surface area (TPSA) is 133 Å². The van der Waals surface area contributed by atoms with E-state index in [-0.39, 0.29) is 29.6 Å². The number of carbonyl (C=O) groups is 4. The van der Waals surface area contributed by atoms with Gasteiger partial charge in [0.15, 0.2) is 0 Å². The smallest absolute Gasteiger partial charge is 0.353 e. The van der Waals surface area contributed by atoms with E-state index in [0.717, 1.165) is 0 Å². The Morgan fingerprint density at radius 2 is 2.00 bits per heavy atom. The molecule has 0 bridgehead atoms. The molecule has 3 heterocycles. The summed E-state index contributed by atoms with van der Waals surface area (Å²) in [5, 5.41) is 11.9. The van der Waals surface area contributed by atoms with Crippen LogP contribution in [0.25, 0.3) is 0 Å². The van der Waals surface area contributed by atoms with Crippen LogP contribution < -0.4 is 11.1 Å². The van der Waals surface area contributed by atoms with E-state index < -0.39 is 42.2 Å². The number of carboxylic acids is 1. The van der Waals surface area contributed by atoms with Crippen LogP contribution >= 0.6 is 11.8 Å². The molecule has 0 aromatic rings. The maximum absolute atomic E-state index is 12.7. The van der Waals surface area contributed by atoms with Crippen LogP contribution in [-0.4, -0.2) is 81.5 Å². The van der Waals surface area contributed by atoms with Crippen LogP contribution in [0.4, 0.5) is 8.78 Å². The molecule has 0 saturated carbocycles. The molecule has 0 spiro atoms. The van der Waals surface area contributed by atoms with Gasteiger partial charge in [-0.3, -0.25) is 14.4 Å². The fourth-order valence-corrected chi connectivity index (χ4v) is 6.21. The van der Waals surface area contributed by atoms with Crippen LogP contribution in [0.1, 0.15) is 27.2 Å². The molecule has 6 atom stereocenters. The molecule has 0 unspecified atom stereocenters. The monoisotopic (exact) mass is 460 g/mol. The predicted octanol–water partition coefficient (Wildman–Crippen LogP) is 0.210. The van der Waals surface area contributed by atoms with Crippen molar-refractivity contribution >= 4 is 35.5 Å². The van der Waals surface area contributed by atoms with E-state index in [2.05, 4.69) is 5.32 Å². The summed E-state index contributed by atoms with van der Waals surface area (Å²) in [6.07, 6.45) is -2.60. The van der Waals surface area contributed by atoms with Crippen molar-refractivity contribution in [2.24, 2.45) is 17.6 Å². The molecule has 4 N–H and O–H groups in total. The Balaban J connectivity index is 1.76. The maximum atomic E-state index is 12.7. The number of aliphatic carboxylic acids is 1. The summed E-state index contributed by atoms with van der Waals surface area (Å²) in [5.41, 5.74) is 5.86. The first-order chi connectivity index (χ1) is 14.5. The SMILES string of the molecule is CC(=O)N1C[C@@H](N)C[C@H]1CSC1=C(C(=O)O)N2C(=O)[C@H]([C@@H](C)NC(=O)C(F)F)[C@H]2[C@H]1C. The zero-order valence-corrected chi connectivity index (χ0v) is 18.2. The van der Waals surface area contributed by atoms with Gasteiger partial charge in [0.1, 0.15) is 5.70 Å². The highest BCUT2D eigenvalue weighted by atomic mass is 32.2. The Labute approximate surface area is 182 Å². The van der Waals surface area contributed by atoms with E-state index in [1.54, 1.807) is 11.8 Å². The quantitative estimate of drug-likeness (QED) is 0.463. The summed E-state index contributed by atoms with van der Waals surface area (Å²) in [5.74, 6) is -4.05. The van der Waals surface area contributed by atoms with E-state index >= 15 is 0 Å². The van der Waals surface area contributed by atoms with Crippen molar-refractivity contribution in [3.05, 3.63) is 10.6 Å². The van der Waals surface area contributed by atoms with E-state index in [4.69, 9.17) is 5.73 Å². The molecular formula is C19H26F2N4O5S. The van der Waals surface area contributed by atoms with Gasteiger partial charge in [0.2, 0.25) is 11.8 Å². The number of carbonyl (C=O) groups excluding carboxylic acids is 3. The molecule has 0 aliphatic carbocycles. The lowest BCUT2D eigenvalue weighted by Crippen LogP contribution is -2.66. The summed E-state index contributed by atoms with van der Waals surface area (Å²) >= 11 is 1.28. The Morgan fingerprint density at radius 1 is 1.35 bits per heavy atom. The predicted molar refractivity (Wildman–Crippen MR) is 108 cm³/mol. The van der Waals surface area contributed by atoms with E-state index in [0.29, 0.717) is 23.6 Å². The lowest BCUT2D eigenvalue weighted by Gasteiger charge is -2.47. The second-order valence-electron chi connectivity index (χ2n) is 8.26. The van der Waals surface area contributed by atoms with Crippen molar-refractivity contribution in [2.75, 3.05) is 12.3 Å². The number of β-lactam (4-membered cyclic amide) rings is 1. The minimum atomic E-state index is -3.20.